The zero-order chi connectivity index (χ0) is 14.4. The molecule has 0 amide bonds. The van der Waals surface area contributed by atoms with E-state index in [2.05, 4.69) is 4.98 Å². The van der Waals surface area contributed by atoms with E-state index >= 15 is 0 Å². The van der Waals surface area contributed by atoms with E-state index in [0.717, 1.165) is 11.8 Å². The van der Waals surface area contributed by atoms with Crippen molar-refractivity contribution in [3.05, 3.63) is 65.7 Å². The van der Waals surface area contributed by atoms with Crippen molar-refractivity contribution in [3.8, 4) is 0 Å². The molecule has 0 aliphatic carbocycles. The van der Waals surface area contributed by atoms with Crippen LogP contribution in [0.3, 0.4) is 0 Å². The van der Waals surface area contributed by atoms with Gasteiger partial charge in [0.15, 0.2) is 5.78 Å². The maximum atomic E-state index is 12.8. The Morgan fingerprint density at radius 1 is 1.15 bits per heavy atom. The lowest BCUT2D eigenvalue weighted by atomic mass is 9.90. The lowest BCUT2D eigenvalue weighted by Crippen LogP contribution is -2.08. The molecule has 0 aliphatic heterocycles. The van der Waals surface area contributed by atoms with E-state index in [1.165, 1.54) is 24.3 Å². The average Bonchev–Trinajstić information content (AvgIpc) is 2.48. The number of carbonyl (C=O) groups excluding carboxylic acids is 2. The molecule has 2 rings (SSSR count). The van der Waals surface area contributed by atoms with Gasteiger partial charge >= 0.3 is 0 Å². The summed E-state index contributed by atoms with van der Waals surface area (Å²) in [6.07, 6.45) is 4.57. The van der Waals surface area contributed by atoms with E-state index in [1.807, 2.05) is 0 Å². The molecule has 0 fully saturated rings. The Kier molecular flexibility index (Phi) is 4.71. The van der Waals surface area contributed by atoms with Gasteiger partial charge in [-0.3, -0.25) is 9.78 Å². The number of rotatable bonds is 6. The Morgan fingerprint density at radius 2 is 1.80 bits per heavy atom. The number of ketones is 1. The standard InChI is InChI=1S/C16H14FNO2/c17-15-3-1-13(2-4-15)16(20)11-14(7-10-19)12-5-8-18-9-6-12/h1-6,8-10,14H,7,11H2. The number of aldehydes is 1. The smallest absolute Gasteiger partial charge is 0.163 e. The lowest BCUT2D eigenvalue weighted by molar-refractivity contribution is -0.108. The number of pyridine rings is 1. The summed E-state index contributed by atoms with van der Waals surface area (Å²) in [4.78, 5) is 26.9. The number of Topliss-reactive ketones (excluding diaryl/α,β-unsaturated/α-hetero) is 1. The fraction of sp³-hybridized carbons (Fsp3) is 0.188. The van der Waals surface area contributed by atoms with Gasteiger partial charge in [0, 0.05) is 30.8 Å². The van der Waals surface area contributed by atoms with E-state index in [4.69, 9.17) is 0 Å². The number of carbonyl (C=O) groups is 2. The van der Waals surface area contributed by atoms with Gasteiger partial charge < -0.3 is 4.79 Å². The molecule has 0 spiro atoms. The molecule has 2 aromatic rings. The van der Waals surface area contributed by atoms with Gasteiger partial charge in [0.05, 0.1) is 0 Å². The summed E-state index contributed by atoms with van der Waals surface area (Å²) < 4.78 is 12.8. The van der Waals surface area contributed by atoms with Crippen molar-refractivity contribution in [1.29, 1.82) is 0 Å². The van der Waals surface area contributed by atoms with Crippen LogP contribution in [0.1, 0.15) is 34.7 Å². The molecule has 0 N–H and O–H groups in total. The van der Waals surface area contributed by atoms with Crippen molar-refractivity contribution in [3.63, 3.8) is 0 Å². The minimum atomic E-state index is -0.375. The third-order valence-electron chi connectivity index (χ3n) is 3.16. The Morgan fingerprint density at radius 3 is 2.40 bits per heavy atom. The minimum Gasteiger partial charge on any atom is -0.303 e. The summed E-state index contributed by atoms with van der Waals surface area (Å²) >= 11 is 0. The van der Waals surface area contributed by atoms with E-state index in [-0.39, 0.29) is 30.4 Å². The molecule has 1 aromatic carbocycles. The van der Waals surface area contributed by atoms with Crippen molar-refractivity contribution in [1.82, 2.24) is 4.98 Å². The molecule has 0 saturated carbocycles. The summed E-state index contributed by atoms with van der Waals surface area (Å²) in [6, 6.07) is 9.03. The summed E-state index contributed by atoms with van der Waals surface area (Å²) in [5.74, 6) is -0.651. The van der Waals surface area contributed by atoms with Crippen LogP contribution < -0.4 is 0 Å². The normalized spacial score (nSPS) is 11.8. The molecule has 0 aliphatic rings. The second kappa shape index (κ2) is 6.70. The molecular weight excluding hydrogens is 257 g/mol. The highest BCUT2D eigenvalue weighted by Crippen LogP contribution is 2.24. The first-order chi connectivity index (χ1) is 9.70. The monoisotopic (exact) mass is 271 g/mol. The van der Waals surface area contributed by atoms with Crippen LogP contribution in [0.4, 0.5) is 4.39 Å². The maximum Gasteiger partial charge on any atom is 0.163 e. The van der Waals surface area contributed by atoms with Crippen molar-refractivity contribution in [2.24, 2.45) is 0 Å². The Labute approximate surface area is 116 Å². The Balaban J connectivity index is 2.14. The molecule has 20 heavy (non-hydrogen) atoms. The van der Waals surface area contributed by atoms with Gasteiger partial charge in [-0.15, -0.1) is 0 Å². The van der Waals surface area contributed by atoms with Gasteiger partial charge in [0.2, 0.25) is 0 Å². The highest BCUT2D eigenvalue weighted by Gasteiger charge is 2.17. The molecular formula is C16H14FNO2. The van der Waals surface area contributed by atoms with E-state index < -0.39 is 0 Å². The SMILES string of the molecule is O=CCC(CC(=O)c1ccc(F)cc1)c1ccncc1. The maximum absolute atomic E-state index is 12.8. The first-order valence-corrected chi connectivity index (χ1v) is 6.33. The topological polar surface area (TPSA) is 47.0 Å². The van der Waals surface area contributed by atoms with E-state index in [0.29, 0.717) is 5.56 Å². The number of benzene rings is 1. The molecule has 1 unspecified atom stereocenters. The quantitative estimate of drug-likeness (QED) is 0.599. The number of hydrogen-bond donors (Lipinski definition) is 0. The predicted octanol–water partition coefficient (Wildman–Crippen LogP) is 3.17. The second-order valence-corrected chi connectivity index (χ2v) is 4.51. The molecule has 0 radical (unpaired) electrons. The summed E-state index contributed by atoms with van der Waals surface area (Å²) in [5.41, 5.74) is 1.36. The predicted molar refractivity (Wildman–Crippen MR) is 73.0 cm³/mol. The van der Waals surface area contributed by atoms with Crippen molar-refractivity contribution < 1.29 is 14.0 Å². The minimum absolute atomic E-state index is 0.103. The van der Waals surface area contributed by atoms with Crippen LogP contribution in [-0.4, -0.2) is 17.1 Å². The summed E-state index contributed by atoms with van der Waals surface area (Å²) in [7, 11) is 0. The van der Waals surface area contributed by atoms with Crippen LogP contribution in [0, 0.1) is 5.82 Å². The fourth-order valence-electron chi connectivity index (χ4n) is 2.07. The largest absolute Gasteiger partial charge is 0.303 e. The zero-order valence-corrected chi connectivity index (χ0v) is 10.8. The molecule has 0 saturated heterocycles. The van der Waals surface area contributed by atoms with Gasteiger partial charge in [0.1, 0.15) is 12.1 Å². The van der Waals surface area contributed by atoms with Crippen LogP contribution in [0.25, 0.3) is 0 Å². The van der Waals surface area contributed by atoms with Crippen LogP contribution >= 0.6 is 0 Å². The zero-order valence-electron chi connectivity index (χ0n) is 10.8. The molecule has 3 nitrogen and oxygen atoms in total. The average molecular weight is 271 g/mol. The van der Waals surface area contributed by atoms with Crippen LogP contribution in [-0.2, 0) is 4.79 Å². The van der Waals surface area contributed by atoms with Crippen molar-refractivity contribution >= 4 is 12.1 Å². The molecule has 1 heterocycles. The van der Waals surface area contributed by atoms with E-state index in [9.17, 15) is 14.0 Å². The molecule has 4 heteroatoms. The highest BCUT2D eigenvalue weighted by atomic mass is 19.1. The van der Waals surface area contributed by atoms with Crippen LogP contribution in [0.2, 0.25) is 0 Å². The first kappa shape index (κ1) is 14.1. The number of hydrogen-bond acceptors (Lipinski definition) is 3. The fourth-order valence-corrected chi connectivity index (χ4v) is 2.07. The van der Waals surface area contributed by atoms with Gasteiger partial charge in [-0.05, 0) is 47.9 Å². The number of nitrogens with zero attached hydrogens (tertiary/aromatic N) is 1. The third kappa shape index (κ3) is 3.57. The Hall–Kier alpha value is -2.36. The molecule has 1 atom stereocenters. The summed E-state index contributed by atoms with van der Waals surface area (Å²) in [5, 5.41) is 0. The van der Waals surface area contributed by atoms with Crippen molar-refractivity contribution in [2.75, 3.05) is 0 Å². The first-order valence-electron chi connectivity index (χ1n) is 6.33. The second-order valence-electron chi connectivity index (χ2n) is 4.51. The lowest BCUT2D eigenvalue weighted by Gasteiger charge is -2.13. The Bertz CT molecular complexity index is 581. The summed E-state index contributed by atoms with van der Waals surface area (Å²) in [6.45, 7) is 0. The highest BCUT2D eigenvalue weighted by molar-refractivity contribution is 5.96. The van der Waals surface area contributed by atoms with Gasteiger partial charge in [0.25, 0.3) is 0 Å². The molecule has 1 aromatic heterocycles. The van der Waals surface area contributed by atoms with Crippen molar-refractivity contribution in [2.45, 2.75) is 18.8 Å². The number of aromatic nitrogens is 1. The van der Waals surface area contributed by atoms with Gasteiger partial charge in [-0.1, -0.05) is 0 Å². The van der Waals surface area contributed by atoms with Crippen LogP contribution in [0.5, 0.6) is 0 Å². The van der Waals surface area contributed by atoms with Gasteiger partial charge in [-0.25, -0.2) is 4.39 Å². The van der Waals surface area contributed by atoms with Crippen LogP contribution in [0.15, 0.2) is 48.8 Å². The van der Waals surface area contributed by atoms with Gasteiger partial charge in [-0.2, -0.15) is 0 Å². The molecule has 102 valence electrons. The number of halogens is 1. The third-order valence-corrected chi connectivity index (χ3v) is 3.16. The molecule has 0 bridgehead atoms. The van der Waals surface area contributed by atoms with E-state index in [1.54, 1.807) is 24.5 Å².